The van der Waals surface area contributed by atoms with E-state index in [1.165, 1.54) is 11.3 Å². The van der Waals surface area contributed by atoms with Gasteiger partial charge in [-0.2, -0.15) is 0 Å². The maximum absolute atomic E-state index is 12.6. The van der Waals surface area contributed by atoms with E-state index in [9.17, 15) is 13.5 Å². The number of rotatable bonds is 7. The van der Waals surface area contributed by atoms with Gasteiger partial charge in [-0.05, 0) is 53.8 Å². The largest absolute Gasteiger partial charge is 0.383 e. The lowest BCUT2D eigenvalue weighted by Gasteiger charge is -2.27. The molecule has 0 radical (unpaired) electrons. The van der Waals surface area contributed by atoms with Crippen LogP contribution in [0.2, 0.25) is 0 Å². The zero-order chi connectivity index (χ0) is 17.4. The van der Waals surface area contributed by atoms with Gasteiger partial charge in [-0.1, -0.05) is 32.0 Å². The van der Waals surface area contributed by atoms with E-state index in [2.05, 4.69) is 18.6 Å². The summed E-state index contributed by atoms with van der Waals surface area (Å²) in [7, 11) is -3.64. The number of sulfonamides is 1. The van der Waals surface area contributed by atoms with Crippen molar-refractivity contribution in [2.75, 3.05) is 6.54 Å². The van der Waals surface area contributed by atoms with Crippen molar-refractivity contribution in [1.29, 1.82) is 0 Å². The summed E-state index contributed by atoms with van der Waals surface area (Å²) in [5.41, 5.74) is -0.0129. The Hall–Kier alpha value is -1.21. The quantitative estimate of drug-likeness (QED) is 0.790. The molecule has 4 nitrogen and oxygen atoms in total. The molecule has 1 aromatic heterocycles. The predicted molar refractivity (Wildman–Crippen MR) is 96.7 cm³/mol. The molecule has 6 heteroatoms. The molecule has 1 unspecified atom stereocenters. The van der Waals surface area contributed by atoms with Gasteiger partial charge < -0.3 is 5.11 Å². The molecule has 1 aliphatic rings. The van der Waals surface area contributed by atoms with Crippen LogP contribution in [0.5, 0.6) is 0 Å². The topological polar surface area (TPSA) is 66.4 Å². The standard InChI is InChI=1S/C18H23NO3S2/c1-13(2)14-5-9-16(10-6-14)24(21,22)19-12-18(20,15-7-8-15)17-4-3-11-23-17/h3-6,9-11,13,15,19-20H,7-8,12H2,1-2H3. The van der Waals surface area contributed by atoms with Crippen LogP contribution in [0.25, 0.3) is 0 Å². The lowest BCUT2D eigenvalue weighted by molar-refractivity contribution is 0.0222. The smallest absolute Gasteiger partial charge is 0.240 e. The van der Waals surface area contributed by atoms with E-state index in [-0.39, 0.29) is 17.4 Å². The molecular formula is C18H23NO3S2. The Bertz CT molecular complexity index is 778. The fourth-order valence-electron chi connectivity index (χ4n) is 2.84. The minimum Gasteiger partial charge on any atom is -0.383 e. The van der Waals surface area contributed by atoms with Gasteiger partial charge in [-0.3, -0.25) is 0 Å². The molecule has 1 atom stereocenters. The van der Waals surface area contributed by atoms with Crippen LogP contribution in [-0.2, 0) is 15.6 Å². The number of hydrogen-bond acceptors (Lipinski definition) is 4. The average Bonchev–Trinajstić information content (AvgIpc) is 3.28. The van der Waals surface area contributed by atoms with Gasteiger partial charge in [0.15, 0.2) is 0 Å². The van der Waals surface area contributed by atoms with E-state index in [1.807, 2.05) is 29.6 Å². The van der Waals surface area contributed by atoms with Crippen molar-refractivity contribution in [3.05, 3.63) is 52.2 Å². The molecule has 0 spiro atoms. The summed E-state index contributed by atoms with van der Waals surface area (Å²) in [6.45, 7) is 4.14. The fourth-order valence-corrected chi connectivity index (χ4v) is 4.81. The van der Waals surface area contributed by atoms with E-state index in [0.29, 0.717) is 5.92 Å². The first kappa shape index (κ1) is 17.6. The summed E-state index contributed by atoms with van der Waals surface area (Å²) >= 11 is 1.46. The van der Waals surface area contributed by atoms with Gasteiger partial charge in [0.2, 0.25) is 10.0 Å². The minimum absolute atomic E-state index is 0.00639. The Morgan fingerprint density at radius 1 is 1.25 bits per heavy atom. The summed E-state index contributed by atoms with van der Waals surface area (Å²) in [4.78, 5) is 1.05. The SMILES string of the molecule is CC(C)c1ccc(S(=O)(=O)NCC(O)(c2cccs2)C2CC2)cc1. The summed E-state index contributed by atoms with van der Waals surface area (Å²) in [6, 6.07) is 10.7. The van der Waals surface area contributed by atoms with Crippen LogP contribution in [0, 0.1) is 5.92 Å². The first-order chi connectivity index (χ1) is 11.3. The van der Waals surface area contributed by atoms with Crippen LogP contribution < -0.4 is 4.72 Å². The summed E-state index contributed by atoms with van der Waals surface area (Å²) in [6.07, 6.45) is 1.86. The number of benzene rings is 1. The molecule has 130 valence electrons. The normalized spacial score (nSPS) is 17.8. The number of hydrogen-bond donors (Lipinski definition) is 2. The highest BCUT2D eigenvalue weighted by Crippen LogP contribution is 2.46. The predicted octanol–water partition coefficient (Wildman–Crippen LogP) is 3.45. The molecule has 0 saturated heterocycles. The van der Waals surface area contributed by atoms with E-state index in [1.54, 1.807) is 12.1 Å². The van der Waals surface area contributed by atoms with Crippen molar-refractivity contribution in [2.24, 2.45) is 5.92 Å². The zero-order valence-corrected chi connectivity index (χ0v) is 15.5. The van der Waals surface area contributed by atoms with Crippen molar-refractivity contribution < 1.29 is 13.5 Å². The molecule has 1 heterocycles. The first-order valence-corrected chi connectivity index (χ1v) is 10.6. The number of thiophene rings is 1. The third-order valence-corrected chi connectivity index (χ3v) is 7.04. The lowest BCUT2D eigenvalue weighted by atomic mass is 9.96. The van der Waals surface area contributed by atoms with Crippen LogP contribution in [0.15, 0.2) is 46.7 Å². The molecule has 2 aromatic rings. The highest BCUT2D eigenvalue weighted by molar-refractivity contribution is 7.89. The molecule has 3 rings (SSSR count). The van der Waals surface area contributed by atoms with Gasteiger partial charge in [0.05, 0.1) is 4.90 Å². The van der Waals surface area contributed by atoms with E-state index in [4.69, 9.17) is 0 Å². The first-order valence-electron chi connectivity index (χ1n) is 8.19. The maximum Gasteiger partial charge on any atom is 0.240 e. The van der Waals surface area contributed by atoms with E-state index >= 15 is 0 Å². The van der Waals surface area contributed by atoms with Crippen LogP contribution in [0.3, 0.4) is 0 Å². The average molecular weight is 366 g/mol. The molecule has 0 amide bonds. The second-order valence-corrected chi connectivity index (χ2v) is 9.44. The van der Waals surface area contributed by atoms with Crippen LogP contribution >= 0.6 is 11.3 Å². The molecule has 2 N–H and O–H groups in total. The van der Waals surface area contributed by atoms with Crippen molar-refractivity contribution in [3.63, 3.8) is 0 Å². The molecule has 24 heavy (non-hydrogen) atoms. The third-order valence-electron chi connectivity index (χ3n) is 4.59. The van der Waals surface area contributed by atoms with Crippen LogP contribution in [0.4, 0.5) is 0 Å². The second kappa shape index (κ2) is 6.59. The van der Waals surface area contributed by atoms with Crippen LogP contribution in [-0.4, -0.2) is 20.1 Å². The Morgan fingerprint density at radius 3 is 2.42 bits per heavy atom. The van der Waals surface area contributed by atoms with Gasteiger partial charge in [0, 0.05) is 11.4 Å². The highest BCUT2D eigenvalue weighted by Gasteiger charge is 2.46. The van der Waals surface area contributed by atoms with Crippen molar-refractivity contribution in [1.82, 2.24) is 4.72 Å². The maximum atomic E-state index is 12.6. The number of nitrogens with one attached hydrogen (secondary N) is 1. The Balaban J connectivity index is 1.76. The molecule has 1 fully saturated rings. The summed E-state index contributed by atoms with van der Waals surface area (Å²) in [5.74, 6) is 0.482. The summed E-state index contributed by atoms with van der Waals surface area (Å²) < 4.78 is 27.7. The Morgan fingerprint density at radius 2 is 1.92 bits per heavy atom. The monoisotopic (exact) mass is 365 g/mol. The zero-order valence-electron chi connectivity index (χ0n) is 13.9. The minimum atomic E-state index is -3.64. The molecule has 0 aliphatic heterocycles. The number of aliphatic hydroxyl groups is 1. The van der Waals surface area contributed by atoms with Crippen LogP contribution in [0.1, 0.15) is 43.0 Å². The third kappa shape index (κ3) is 3.57. The highest BCUT2D eigenvalue weighted by atomic mass is 32.2. The molecule has 0 bridgehead atoms. The fraction of sp³-hybridized carbons (Fsp3) is 0.444. The van der Waals surface area contributed by atoms with Gasteiger partial charge >= 0.3 is 0 Å². The molecule has 1 aromatic carbocycles. The van der Waals surface area contributed by atoms with Gasteiger partial charge in [-0.25, -0.2) is 13.1 Å². The van der Waals surface area contributed by atoms with Gasteiger partial charge in [0.1, 0.15) is 5.60 Å². The summed E-state index contributed by atoms with van der Waals surface area (Å²) in [5, 5.41) is 12.9. The van der Waals surface area contributed by atoms with Gasteiger partial charge in [-0.15, -0.1) is 11.3 Å². The van der Waals surface area contributed by atoms with Crippen molar-refractivity contribution in [2.45, 2.75) is 43.1 Å². The Kier molecular flexibility index (Phi) is 4.84. The van der Waals surface area contributed by atoms with Gasteiger partial charge in [0.25, 0.3) is 0 Å². The second-order valence-electron chi connectivity index (χ2n) is 6.72. The van der Waals surface area contributed by atoms with E-state index < -0.39 is 15.6 Å². The molecule has 1 aliphatic carbocycles. The molecule has 1 saturated carbocycles. The lowest BCUT2D eigenvalue weighted by Crippen LogP contribution is -2.41. The van der Waals surface area contributed by atoms with Crippen molar-refractivity contribution >= 4 is 21.4 Å². The molecular weight excluding hydrogens is 342 g/mol. The Labute approximate surface area is 147 Å². The van der Waals surface area contributed by atoms with E-state index in [0.717, 1.165) is 23.3 Å². The van der Waals surface area contributed by atoms with Crippen molar-refractivity contribution in [3.8, 4) is 0 Å².